The van der Waals surface area contributed by atoms with E-state index in [2.05, 4.69) is 29.2 Å². The van der Waals surface area contributed by atoms with Gasteiger partial charge in [0.05, 0.1) is 0 Å². The molecule has 2 rings (SSSR count). The summed E-state index contributed by atoms with van der Waals surface area (Å²) in [6.07, 6.45) is 3.42. The zero-order valence-corrected chi connectivity index (χ0v) is 9.33. The average molecular weight is 206 g/mol. The van der Waals surface area contributed by atoms with E-state index in [1.165, 1.54) is 12.8 Å². The van der Waals surface area contributed by atoms with E-state index in [4.69, 9.17) is 5.84 Å². The van der Waals surface area contributed by atoms with Crippen molar-refractivity contribution < 1.29 is 0 Å². The lowest BCUT2D eigenvalue weighted by atomic mass is 10.1. The quantitative estimate of drug-likeness (QED) is 0.583. The number of hydrogen-bond acceptors (Lipinski definition) is 4. The van der Waals surface area contributed by atoms with Crippen molar-refractivity contribution in [1.82, 2.24) is 9.97 Å². The Kier molecular flexibility index (Phi) is 2.86. The molecule has 0 atom stereocenters. The molecule has 1 aromatic heterocycles. The monoisotopic (exact) mass is 206 g/mol. The van der Waals surface area contributed by atoms with Crippen molar-refractivity contribution >= 4 is 5.82 Å². The van der Waals surface area contributed by atoms with E-state index in [1.807, 2.05) is 6.07 Å². The molecule has 82 valence electrons. The fraction of sp³-hybridized carbons (Fsp3) is 0.636. The Labute approximate surface area is 90.3 Å². The lowest BCUT2D eigenvalue weighted by Gasteiger charge is -2.08. The second-order valence-electron chi connectivity index (χ2n) is 4.61. The highest BCUT2D eigenvalue weighted by atomic mass is 15.3. The summed E-state index contributed by atoms with van der Waals surface area (Å²) in [5, 5.41) is 0. The van der Waals surface area contributed by atoms with E-state index in [9.17, 15) is 0 Å². The summed E-state index contributed by atoms with van der Waals surface area (Å²) in [5.41, 5.74) is 3.76. The third-order valence-electron chi connectivity index (χ3n) is 2.53. The summed E-state index contributed by atoms with van der Waals surface area (Å²) in [4.78, 5) is 8.93. The molecule has 0 aromatic carbocycles. The van der Waals surface area contributed by atoms with E-state index in [1.54, 1.807) is 0 Å². The highest BCUT2D eigenvalue weighted by molar-refractivity contribution is 5.36. The Balaban J connectivity index is 2.24. The number of nitrogens with two attached hydrogens (primary N) is 1. The number of nitrogen functional groups attached to an aromatic ring is 1. The van der Waals surface area contributed by atoms with Crippen LogP contribution in [0.5, 0.6) is 0 Å². The van der Waals surface area contributed by atoms with Crippen LogP contribution in [0.2, 0.25) is 0 Å². The largest absolute Gasteiger partial charge is 0.308 e. The Morgan fingerprint density at radius 3 is 2.73 bits per heavy atom. The van der Waals surface area contributed by atoms with Crippen LogP contribution >= 0.6 is 0 Å². The molecule has 0 aliphatic heterocycles. The number of hydrogen-bond donors (Lipinski definition) is 2. The van der Waals surface area contributed by atoms with Crippen molar-refractivity contribution in [1.29, 1.82) is 0 Å². The van der Waals surface area contributed by atoms with Gasteiger partial charge in [0.1, 0.15) is 11.6 Å². The fourth-order valence-corrected chi connectivity index (χ4v) is 1.64. The predicted molar refractivity (Wildman–Crippen MR) is 60.4 cm³/mol. The molecular formula is C11H18N4. The van der Waals surface area contributed by atoms with Crippen LogP contribution in [-0.2, 0) is 6.42 Å². The molecule has 1 saturated carbocycles. The predicted octanol–water partition coefficient (Wildman–Crippen LogP) is 1.84. The minimum atomic E-state index is 0.574. The van der Waals surface area contributed by atoms with Crippen molar-refractivity contribution in [3.05, 3.63) is 17.6 Å². The van der Waals surface area contributed by atoms with E-state index in [-0.39, 0.29) is 0 Å². The number of anilines is 1. The van der Waals surface area contributed by atoms with Crippen LogP contribution in [0.25, 0.3) is 0 Å². The zero-order valence-electron chi connectivity index (χ0n) is 9.33. The first-order valence-electron chi connectivity index (χ1n) is 5.53. The summed E-state index contributed by atoms with van der Waals surface area (Å²) in [5.74, 6) is 8.26. The molecule has 1 fully saturated rings. The van der Waals surface area contributed by atoms with Crippen molar-refractivity contribution in [3.63, 3.8) is 0 Å². The number of rotatable bonds is 4. The standard InChI is InChI=1S/C11H18N4/c1-7(2)5-10-13-9(8-3-4-8)6-11(14-10)15-12/h6-8H,3-5,12H2,1-2H3,(H,13,14,15). The SMILES string of the molecule is CC(C)Cc1nc(NN)cc(C2CC2)n1. The number of nitrogens with zero attached hydrogens (tertiary/aromatic N) is 2. The molecule has 4 nitrogen and oxygen atoms in total. The third-order valence-corrected chi connectivity index (χ3v) is 2.53. The molecule has 0 unspecified atom stereocenters. The van der Waals surface area contributed by atoms with E-state index >= 15 is 0 Å². The average Bonchev–Trinajstić information content (AvgIpc) is 2.99. The molecule has 0 spiro atoms. The van der Waals surface area contributed by atoms with Gasteiger partial charge in [0, 0.05) is 24.1 Å². The normalized spacial score (nSPS) is 15.7. The van der Waals surface area contributed by atoms with E-state index in [0.29, 0.717) is 11.8 Å². The molecule has 0 radical (unpaired) electrons. The van der Waals surface area contributed by atoms with Gasteiger partial charge in [-0.2, -0.15) is 0 Å². The maximum atomic E-state index is 5.40. The summed E-state index contributed by atoms with van der Waals surface area (Å²) in [7, 11) is 0. The molecule has 0 bridgehead atoms. The molecule has 1 aliphatic carbocycles. The first-order valence-corrected chi connectivity index (χ1v) is 5.53. The first kappa shape index (κ1) is 10.4. The summed E-state index contributed by atoms with van der Waals surface area (Å²) >= 11 is 0. The van der Waals surface area contributed by atoms with Gasteiger partial charge in [0.25, 0.3) is 0 Å². The van der Waals surface area contributed by atoms with Gasteiger partial charge in [0.2, 0.25) is 0 Å². The van der Waals surface area contributed by atoms with Gasteiger partial charge < -0.3 is 5.43 Å². The molecular weight excluding hydrogens is 188 g/mol. The summed E-state index contributed by atoms with van der Waals surface area (Å²) in [6.45, 7) is 4.34. The van der Waals surface area contributed by atoms with Gasteiger partial charge in [-0.1, -0.05) is 13.8 Å². The maximum Gasteiger partial charge on any atom is 0.143 e. The topological polar surface area (TPSA) is 63.8 Å². The Hall–Kier alpha value is -1.16. The Morgan fingerprint density at radius 1 is 1.47 bits per heavy atom. The molecule has 3 N–H and O–H groups in total. The lowest BCUT2D eigenvalue weighted by molar-refractivity contribution is 0.618. The number of hydrazine groups is 1. The lowest BCUT2D eigenvalue weighted by Crippen LogP contribution is -2.12. The molecule has 1 aliphatic rings. The highest BCUT2D eigenvalue weighted by Crippen LogP contribution is 2.39. The van der Waals surface area contributed by atoms with E-state index in [0.717, 1.165) is 23.8 Å². The molecule has 0 amide bonds. The van der Waals surface area contributed by atoms with Crippen LogP contribution in [-0.4, -0.2) is 9.97 Å². The molecule has 1 heterocycles. The van der Waals surface area contributed by atoms with E-state index < -0.39 is 0 Å². The van der Waals surface area contributed by atoms with Gasteiger partial charge >= 0.3 is 0 Å². The van der Waals surface area contributed by atoms with Crippen LogP contribution in [0.1, 0.15) is 44.1 Å². The molecule has 1 aromatic rings. The minimum Gasteiger partial charge on any atom is -0.308 e. The van der Waals surface area contributed by atoms with Gasteiger partial charge in [0.15, 0.2) is 0 Å². The smallest absolute Gasteiger partial charge is 0.143 e. The van der Waals surface area contributed by atoms with Crippen molar-refractivity contribution in [3.8, 4) is 0 Å². The van der Waals surface area contributed by atoms with Crippen molar-refractivity contribution in [2.45, 2.75) is 39.0 Å². The van der Waals surface area contributed by atoms with Crippen molar-refractivity contribution in [2.24, 2.45) is 11.8 Å². The second-order valence-corrected chi connectivity index (χ2v) is 4.61. The van der Waals surface area contributed by atoms with Crippen LogP contribution in [0, 0.1) is 5.92 Å². The maximum absolute atomic E-state index is 5.40. The van der Waals surface area contributed by atoms with Crippen LogP contribution in [0.3, 0.4) is 0 Å². The number of aromatic nitrogens is 2. The van der Waals surface area contributed by atoms with Crippen molar-refractivity contribution in [2.75, 3.05) is 5.43 Å². The van der Waals surface area contributed by atoms with Gasteiger partial charge in [-0.25, -0.2) is 15.8 Å². The summed E-state index contributed by atoms with van der Waals surface area (Å²) in [6, 6.07) is 1.96. The summed E-state index contributed by atoms with van der Waals surface area (Å²) < 4.78 is 0. The van der Waals surface area contributed by atoms with Crippen LogP contribution < -0.4 is 11.3 Å². The van der Waals surface area contributed by atoms with Crippen LogP contribution in [0.15, 0.2) is 6.07 Å². The second kappa shape index (κ2) is 4.14. The first-order chi connectivity index (χ1) is 7.19. The Morgan fingerprint density at radius 2 is 2.20 bits per heavy atom. The molecule has 4 heteroatoms. The van der Waals surface area contributed by atoms with Gasteiger partial charge in [-0.05, 0) is 18.8 Å². The van der Waals surface area contributed by atoms with Gasteiger partial charge in [-0.3, -0.25) is 0 Å². The van der Waals surface area contributed by atoms with Crippen LogP contribution in [0.4, 0.5) is 5.82 Å². The fourth-order valence-electron chi connectivity index (χ4n) is 1.64. The zero-order chi connectivity index (χ0) is 10.8. The number of nitrogens with one attached hydrogen (secondary N) is 1. The molecule has 0 saturated heterocycles. The molecule has 15 heavy (non-hydrogen) atoms. The third kappa shape index (κ3) is 2.65. The highest BCUT2D eigenvalue weighted by Gasteiger charge is 2.26. The Bertz CT molecular complexity index is 344. The minimum absolute atomic E-state index is 0.574. The van der Waals surface area contributed by atoms with Gasteiger partial charge in [-0.15, -0.1) is 0 Å².